The minimum atomic E-state index is -0.0968. The number of hydrogen-bond donors (Lipinski definition) is 3. The van der Waals surface area contributed by atoms with Crippen LogP contribution in [0.1, 0.15) is 40.8 Å². The van der Waals surface area contributed by atoms with Gasteiger partial charge >= 0.3 is 0 Å². The zero-order chi connectivity index (χ0) is 16.5. The van der Waals surface area contributed by atoms with Gasteiger partial charge in [-0.2, -0.15) is 0 Å². The number of hydrogen-bond acceptors (Lipinski definition) is 3. The largest absolute Gasteiger partial charge is 0.349 e. The van der Waals surface area contributed by atoms with Crippen LogP contribution < -0.4 is 16.2 Å². The van der Waals surface area contributed by atoms with Gasteiger partial charge in [-0.3, -0.25) is 10.2 Å². The maximum Gasteiger partial charge on any atom is 0.226 e. The molecule has 4 nitrogen and oxygen atoms in total. The topological polar surface area (TPSA) is 53.2 Å². The summed E-state index contributed by atoms with van der Waals surface area (Å²) in [6.07, 6.45) is 2.04. The number of carbonyl (C=O) groups is 1. The summed E-state index contributed by atoms with van der Waals surface area (Å²) < 4.78 is 0. The quantitative estimate of drug-likeness (QED) is 0.814. The molecule has 1 saturated heterocycles. The molecule has 0 spiro atoms. The third kappa shape index (κ3) is 2.83. The standard InChI is InChI=1S/C20H23N3O/c1-13-6-8-15(9-7-13)19-17(12-21-23-19)20(24)22-18-11-10-14-4-2-3-5-16(14)18/h2-9,17-19,21,23H,10-12H2,1H3,(H,22,24). The molecule has 0 aromatic heterocycles. The minimum absolute atomic E-state index is 0.0160. The molecule has 1 amide bonds. The highest BCUT2D eigenvalue weighted by Crippen LogP contribution is 2.32. The molecular formula is C20H23N3O. The number of benzene rings is 2. The highest BCUT2D eigenvalue weighted by Gasteiger charge is 2.35. The second-order valence-electron chi connectivity index (χ2n) is 6.82. The number of amides is 1. The molecule has 2 aliphatic rings. The normalized spacial score (nSPS) is 25.5. The van der Waals surface area contributed by atoms with Gasteiger partial charge in [-0.25, -0.2) is 5.43 Å². The predicted octanol–water partition coefficient (Wildman–Crippen LogP) is 2.56. The van der Waals surface area contributed by atoms with E-state index in [0.717, 1.165) is 18.4 Å². The van der Waals surface area contributed by atoms with E-state index >= 15 is 0 Å². The first kappa shape index (κ1) is 15.4. The predicted molar refractivity (Wildman–Crippen MR) is 94.2 cm³/mol. The molecule has 3 N–H and O–H groups in total. The van der Waals surface area contributed by atoms with Crippen molar-refractivity contribution in [3.05, 3.63) is 70.8 Å². The number of nitrogens with one attached hydrogen (secondary N) is 3. The number of aryl methyl sites for hydroxylation is 2. The van der Waals surface area contributed by atoms with E-state index in [1.54, 1.807) is 0 Å². The van der Waals surface area contributed by atoms with Crippen molar-refractivity contribution in [2.24, 2.45) is 5.92 Å². The van der Waals surface area contributed by atoms with Gasteiger partial charge in [0.05, 0.1) is 18.0 Å². The van der Waals surface area contributed by atoms with Crippen LogP contribution in [0.2, 0.25) is 0 Å². The summed E-state index contributed by atoms with van der Waals surface area (Å²) in [6.45, 7) is 2.73. The molecule has 1 aliphatic carbocycles. The van der Waals surface area contributed by atoms with Crippen LogP contribution in [0.3, 0.4) is 0 Å². The second-order valence-corrected chi connectivity index (χ2v) is 6.82. The Morgan fingerprint density at radius 3 is 2.75 bits per heavy atom. The van der Waals surface area contributed by atoms with Gasteiger partial charge in [-0.05, 0) is 36.5 Å². The van der Waals surface area contributed by atoms with Crippen molar-refractivity contribution in [1.82, 2.24) is 16.2 Å². The molecule has 1 aliphatic heterocycles. The van der Waals surface area contributed by atoms with Crippen molar-refractivity contribution in [2.75, 3.05) is 6.54 Å². The van der Waals surface area contributed by atoms with Crippen molar-refractivity contribution in [1.29, 1.82) is 0 Å². The number of carbonyl (C=O) groups excluding carboxylic acids is 1. The molecule has 3 unspecified atom stereocenters. The van der Waals surface area contributed by atoms with Crippen LogP contribution in [-0.2, 0) is 11.2 Å². The van der Waals surface area contributed by atoms with Gasteiger partial charge < -0.3 is 5.32 Å². The van der Waals surface area contributed by atoms with Crippen LogP contribution >= 0.6 is 0 Å². The zero-order valence-corrected chi connectivity index (χ0v) is 13.9. The van der Waals surface area contributed by atoms with Crippen molar-refractivity contribution in [3.8, 4) is 0 Å². The van der Waals surface area contributed by atoms with Crippen molar-refractivity contribution >= 4 is 5.91 Å². The molecule has 24 heavy (non-hydrogen) atoms. The lowest BCUT2D eigenvalue weighted by molar-refractivity contribution is -0.125. The molecule has 4 rings (SSSR count). The zero-order valence-electron chi connectivity index (χ0n) is 13.9. The van der Waals surface area contributed by atoms with E-state index in [4.69, 9.17) is 0 Å². The maximum atomic E-state index is 12.9. The van der Waals surface area contributed by atoms with E-state index < -0.39 is 0 Å². The van der Waals surface area contributed by atoms with E-state index in [-0.39, 0.29) is 23.9 Å². The Hall–Kier alpha value is -2.17. The van der Waals surface area contributed by atoms with Gasteiger partial charge in [0.15, 0.2) is 0 Å². The van der Waals surface area contributed by atoms with Crippen LogP contribution in [-0.4, -0.2) is 12.5 Å². The Balaban J connectivity index is 1.49. The molecule has 2 aromatic carbocycles. The Kier molecular flexibility index (Phi) is 4.08. The van der Waals surface area contributed by atoms with Crippen molar-refractivity contribution < 1.29 is 4.79 Å². The van der Waals surface area contributed by atoms with Crippen LogP contribution in [0.25, 0.3) is 0 Å². The smallest absolute Gasteiger partial charge is 0.226 e. The molecule has 3 atom stereocenters. The van der Waals surface area contributed by atoms with Crippen LogP contribution in [0.5, 0.6) is 0 Å². The van der Waals surface area contributed by atoms with E-state index in [0.29, 0.717) is 6.54 Å². The van der Waals surface area contributed by atoms with Gasteiger partial charge in [-0.15, -0.1) is 0 Å². The highest BCUT2D eigenvalue weighted by molar-refractivity contribution is 5.81. The van der Waals surface area contributed by atoms with Gasteiger partial charge in [-0.1, -0.05) is 54.1 Å². The minimum Gasteiger partial charge on any atom is -0.349 e. The van der Waals surface area contributed by atoms with Crippen LogP contribution in [0.15, 0.2) is 48.5 Å². The number of hydrazine groups is 1. The van der Waals surface area contributed by atoms with E-state index in [9.17, 15) is 4.79 Å². The lowest BCUT2D eigenvalue weighted by Gasteiger charge is -2.21. The first-order valence-electron chi connectivity index (χ1n) is 8.65. The Labute approximate surface area is 142 Å². The molecule has 2 aromatic rings. The van der Waals surface area contributed by atoms with Crippen molar-refractivity contribution in [2.45, 2.75) is 31.8 Å². The SMILES string of the molecule is Cc1ccc(C2NNCC2C(=O)NC2CCc3ccccc32)cc1. The van der Waals surface area contributed by atoms with Gasteiger partial charge in [0.25, 0.3) is 0 Å². The molecule has 0 bridgehead atoms. The molecule has 0 radical (unpaired) electrons. The molecule has 1 fully saturated rings. The lowest BCUT2D eigenvalue weighted by Crippen LogP contribution is -2.36. The molecule has 0 saturated carbocycles. The van der Waals surface area contributed by atoms with Gasteiger partial charge in [0.2, 0.25) is 5.91 Å². The fraction of sp³-hybridized carbons (Fsp3) is 0.350. The summed E-state index contributed by atoms with van der Waals surface area (Å²) in [7, 11) is 0. The van der Waals surface area contributed by atoms with Crippen molar-refractivity contribution in [3.63, 3.8) is 0 Å². The highest BCUT2D eigenvalue weighted by atomic mass is 16.2. The summed E-state index contributed by atoms with van der Waals surface area (Å²) in [5.41, 5.74) is 11.4. The Bertz CT molecular complexity index is 741. The fourth-order valence-corrected chi connectivity index (χ4v) is 3.82. The van der Waals surface area contributed by atoms with Crippen LogP contribution in [0, 0.1) is 12.8 Å². The Morgan fingerprint density at radius 2 is 1.92 bits per heavy atom. The average molecular weight is 321 g/mol. The number of rotatable bonds is 3. The molecule has 4 heteroatoms. The summed E-state index contributed by atoms with van der Waals surface area (Å²) in [6, 6.07) is 17.0. The monoisotopic (exact) mass is 321 g/mol. The molecule has 1 heterocycles. The van der Waals surface area contributed by atoms with Gasteiger partial charge in [0, 0.05) is 6.54 Å². The lowest BCUT2D eigenvalue weighted by atomic mass is 9.93. The van der Waals surface area contributed by atoms with E-state index in [1.807, 2.05) is 0 Å². The number of fused-ring (bicyclic) bond motifs is 1. The first-order valence-corrected chi connectivity index (χ1v) is 8.65. The maximum absolute atomic E-state index is 12.9. The second kappa shape index (κ2) is 6.38. The summed E-state index contributed by atoms with van der Waals surface area (Å²) in [5, 5.41) is 3.27. The third-order valence-corrected chi connectivity index (χ3v) is 5.20. The summed E-state index contributed by atoms with van der Waals surface area (Å²) in [5.74, 6) is 0.0280. The third-order valence-electron chi connectivity index (χ3n) is 5.20. The Morgan fingerprint density at radius 1 is 1.12 bits per heavy atom. The molecule has 124 valence electrons. The van der Waals surface area contributed by atoms with E-state index in [1.165, 1.54) is 16.7 Å². The fourth-order valence-electron chi connectivity index (χ4n) is 3.82. The van der Waals surface area contributed by atoms with E-state index in [2.05, 4.69) is 71.6 Å². The summed E-state index contributed by atoms with van der Waals surface area (Å²) >= 11 is 0. The van der Waals surface area contributed by atoms with Gasteiger partial charge in [0.1, 0.15) is 0 Å². The van der Waals surface area contributed by atoms with Crippen LogP contribution in [0.4, 0.5) is 0 Å². The first-order chi connectivity index (χ1) is 11.7. The average Bonchev–Trinajstić information content (AvgIpc) is 3.23. The molecular weight excluding hydrogens is 298 g/mol. The summed E-state index contributed by atoms with van der Waals surface area (Å²) in [4.78, 5) is 12.9.